The fourth-order valence-electron chi connectivity index (χ4n) is 2.49. The third-order valence-corrected chi connectivity index (χ3v) is 3.77. The first-order valence-electron chi connectivity index (χ1n) is 5.67. The molecule has 1 heterocycles. The zero-order chi connectivity index (χ0) is 11.8. The third kappa shape index (κ3) is 1.93. The van der Waals surface area contributed by atoms with Crippen LogP contribution < -0.4 is 5.32 Å². The van der Waals surface area contributed by atoms with Gasteiger partial charge in [-0.1, -0.05) is 23.8 Å². The second kappa shape index (κ2) is 4.11. The molecule has 17 heavy (non-hydrogen) atoms. The van der Waals surface area contributed by atoms with Crippen LogP contribution in [0.25, 0.3) is 0 Å². The van der Waals surface area contributed by atoms with Crippen LogP contribution in [-0.2, 0) is 11.3 Å². The van der Waals surface area contributed by atoms with Crippen LogP contribution in [0, 0.1) is 17.8 Å². The topological polar surface area (TPSA) is 54.9 Å². The number of amides is 1. The van der Waals surface area contributed by atoms with Gasteiger partial charge >= 0.3 is 0 Å². The lowest BCUT2D eigenvalue weighted by Gasteiger charge is -2.05. The van der Waals surface area contributed by atoms with Crippen LogP contribution in [0.3, 0.4) is 0 Å². The predicted molar refractivity (Wildman–Crippen MR) is 63.1 cm³/mol. The SMILES string of the molecule is O=C(NCc1nccnc1Cl)C1C2C=CCC21. The van der Waals surface area contributed by atoms with Gasteiger partial charge in [0.2, 0.25) is 5.91 Å². The minimum absolute atomic E-state index is 0.103. The number of carbonyl (C=O) groups is 1. The molecular formula is C12H12ClN3O. The average molecular weight is 250 g/mol. The van der Waals surface area contributed by atoms with E-state index in [-0.39, 0.29) is 11.8 Å². The molecule has 3 rings (SSSR count). The van der Waals surface area contributed by atoms with Crippen molar-refractivity contribution in [3.63, 3.8) is 0 Å². The fraction of sp³-hybridized carbons (Fsp3) is 0.417. The van der Waals surface area contributed by atoms with E-state index in [1.807, 2.05) is 0 Å². The van der Waals surface area contributed by atoms with E-state index < -0.39 is 0 Å². The number of nitrogens with zero attached hydrogens (tertiary/aromatic N) is 2. The number of rotatable bonds is 3. The summed E-state index contributed by atoms with van der Waals surface area (Å²) >= 11 is 5.86. The van der Waals surface area contributed by atoms with Crippen molar-refractivity contribution in [1.29, 1.82) is 0 Å². The van der Waals surface area contributed by atoms with Gasteiger partial charge in [-0.2, -0.15) is 0 Å². The van der Waals surface area contributed by atoms with Crippen molar-refractivity contribution in [3.05, 3.63) is 35.4 Å². The van der Waals surface area contributed by atoms with Crippen molar-refractivity contribution in [3.8, 4) is 0 Å². The van der Waals surface area contributed by atoms with Crippen LogP contribution in [-0.4, -0.2) is 15.9 Å². The second-order valence-electron chi connectivity index (χ2n) is 4.44. The third-order valence-electron chi connectivity index (χ3n) is 3.45. The first-order valence-corrected chi connectivity index (χ1v) is 6.05. The normalized spacial score (nSPS) is 28.9. The fourth-order valence-corrected chi connectivity index (χ4v) is 2.66. The van der Waals surface area contributed by atoms with Crippen LogP contribution in [0.1, 0.15) is 12.1 Å². The number of carbonyl (C=O) groups excluding carboxylic acids is 1. The summed E-state index contributed by atoms with van der Waals surface area (Å²) in [6, 6.07) is 0. The molecule has 2 aliphatic carbocycles. The molecule has 1 saturated carbocycles. The van der Waals surface area contributed by atoms with Gasteiger partial charge in [-0.05, 0) is 18.3 Å². The minimum Gasteiger partial charge on any atom is -0.350 e. The Bertz CT molecular complexity index is 488. The molecule has 0 spiro atoms. The van der Waals surface area contributed by atoms with E-state index in [1.165, 1.54) is 6.20 Å². The number of halogens is 1. The Kier molecular flexibility index (Phi) is 2.59. The second-order valence-corrected chi connectivity index (χ2v) is 4.80. The summed E-state index contributed by atoms with van der Waals surface area (Å²) in [5, 5.41) is 3.22. The van der Waals surface area contributed by atoms with Gasteiger partial charge in [-0.15, -0.1) is 0 Å². The molecule has 1 aromatic rings. The highest BCUT2D eigenvalue weighted by Crippen LogP contribution is 2.53. The molecule has 2 aliphatic rings. The Balaban J connectivity index is 1.57. The van der Waals surface area contributed by atoms with Crippen LogP contribution >= 0.6 is 11.6 Å². The van der Waals surface area contributed by atoms with Crippen LogP contribution in [0.5, 0.6) is 0 Å². The smallest absolute Gasteiger partial charge is 0.224 e. The summed E-state index contributed by atoms with van der Waals surface area (Å²) in [7, 11) is 0. The maximum Gasteiger partial charge on any atom is 0.224 e. The Labute approximate surface area is 104 Å². The largest absolute Gasteiger partial charge is 0.350 e. The van der Waals surface area contributed by atoms with E-state index in [1.54, 1.807) is 6.20 Å². The maximum absolute atomic E-state index is 11.9. The van der Waals surface area contributed by atoms with Gasteiger partial charge in [0, 0.05) is 18.3 Å². The highest BCUT2D eigenvalue weighted by Gasteiger charge is 2.54. The molecule has 4 nitrogen and oxygen atoms in total. The maximum atomic E-state index is 11.9. The summed E-state index contributed by atoms with van der Waals surface area (Å²) in [5.74, 6) is 1.26. The molecule has 0 bridgehead atoms. The van der Waals surface area contributed by atoms with Gasteiger partial charge in [0.05, 0.1) is 12.2 Å². The Hall–Kier alpha value is -1.42. The first-order chi connectivity index (χ1) is 8.27. The van der Waals surface area contributed by atoms with Gasteiger partial charge in [-0.25, -0.2) is 4.98 Å². The molecule has 1 aromatic heterocycles. The number of allylic oxidation sites excluding steroid dienone is 2. The summed E-state index contributed by atoms with van der Waals surface area (Å²) in [6.45, 7) is 0.352. The molecule has 1 amide bonds. The Morgan fingerprint density at radius 1 is 1.47 bits per heavy atom. The number of fused-ring (bicyclic) bond motifs is 1. The Morgan fingerprint density at radius 3 is 3.00 bits per heavy atom. The molecule has 0 radical (unpaired) electrons. The summed E-state index contributed by atoms with van der Waals surface area (Å²) in [4.78, 5) is 19.9. The van der Waals surface area contributed by atoms with Crippen molar-refractivity contribution >= 4 is 17.5 Å². The molecule has 1 N–H and O–H groups in total. The van der Waals surface area contributed by atoms with Crippen molar-refractivity contribution < 1.29 is 4.79 Å². The first kappa shape index (κ1) is 10.7. The summed E-state index contributed by atoms with van der Waals surface area (Å²) < 4.78 is 0. The molecular weight excluding hydrogens is 238 g/mol. The van der Waals surface area contributed by atoms with Gasteiger partial charge in [0.1, 0.15) is 0 Å². The van der Waals surface area contributed by atoms with E-state index in [0.29, 0.717) is 29.2 Å². The molecule has 88 valence electrons. The highest BCUT2D eigenvalue weighted by atomic mass is 35.5. The van der Waals surface area contributed by atoms with Gasteiger partial charge in [0.15, 0.2) is 5.15 Å². The molecule has 0 aliphatic heterocycles. The van der Waals surface area contributed by atoms with E-state index in [9.17, 15) is 4.79 Å². The van der Waals surface area contributed by atoms with E-state index >= 15 is 0 Å². The molecule has 5 heteroatoms. The van der Waals surface area contributed by atoms with Crippen LogP contribution in [0.15, 0.2) is 24.5 Å². The van der Waals surface area contributed by atoms with Crippen LogP contribution in [0.2, 0.25) is 5.15 Å². The van der Waals surface area contributed by atoms with Gasteiger partial charge < -0.3 is 5.32 Å². The summed E-state index contributed by atoms with van der Waals surface area (Å²) in [6.07, 6.45) is 8.43. The molecule has 0 aromatic carbocycles. The van der Waals surface area contributed by atoms with Gasteiger partial charge in [-0.3, -0.25) is 9.78 Å². The van der Waals surface area contributed by atoms with E-state index in [0.717, 1.165) is 6.42 Å². The molecule has 3 atom stereocenters. The average Bonchev–Trinajstić information content (AvgIpc) is 2.82. The van der Waals surface area contributed by atoms with Crippen molar-refractivity contribution in [2.45, 2.75) is 13.0 Å². The lowest BCUT2D eigenvalue weighted by Crippen LogP contribution is -2.26. The molecule has 0 saturated heterocycles. The van der Waals surface area contributed by atoms with Crippen molar-refractivity contribution in [1.82, 2.24) is 15.3 Å². The highest BCUT2D eigenvalue weighted by molar-refractivity contribution is 6.29. The zero-order valence-corrected chi connectivity index (χ0v) is 9.89. The number of nitrogens with one attached hydrogen (secondary N) is 1. The number of hydrogen-bond donors (Lipinski definition) is 1. The Morgan fingerprint density at radius 2 is 2.29 bits per heavy atom. The quantitative estimate of drug-likeness (QED) is 0.828. The molecule has 1 fully saturated rings. The van der Waals surface area contributed by atoms with Crippen LogP contribution in [0.4, 0.5) is 0 Å². The standard InChI is InChI=1S/C12H12ClN3O/c13-11-9(14-4-5-15-11)6-16-12(17)10-7-2-1-3-8(7)10/h1-2,4-5,7-8,10H,3,6H2,(H,16,17). The number of aromatic nitrogens is 2. The van der Waals surface area contributed by atoms with E-state index in [2.05, 4.69) is 27.4 Å². The van der Waals surface area contributed by atoms with E-state index in [4.69, 9.17) is 11.6 Å². The monoisotopic (exact) mass is 249 g/mol. The van der Waals surface area contributed by atoms with Gasteiger partial charge in [0.25, 0.3) is 0 Å². The lowest BCUT2D eigenvalue weighted by molar-refractivity contribution is -0.123. The number of hydrogen-bond acceptors (Lipinski definition) is 3. The zero-order valence-electron chi connectivity index (χ0n) is 9.14. The molecule has 3 unspecified atom stereocenters. The van der Waals surface area contributed by atoms with Crippen molar-refractivity contribution in [2.24, 2.45) is 17.8 Å². The summed E-state index contributed by atoms with van der Waals surface area (Å²) in [5.41, 5.74) is 0.615. The predicted octanol–water partition coefficient (Wildman–Crippen LogP) is 1.57. The minimum atomic E-state index is 0.103. The van der Waals surface area contributed by atoms with Crippen molar-refractivity contribution in [2.75, 3.05) is 0 Å². The lowest BCUT2D eigenvalue weighted by atomic mass is 10.2.